The summed E-state index contributed by atoms with van der Waals surface area (Å²) in [7, 11) is 0. The van der Waals surface area contributed by atoms with Crippen LogP contribution in [-0.4, -0.2) is 42.2 Å². The van der Waals surface area contributed by atoms with Gasteiger partial charge in [-0.15, -0.1) is 0 Å². The van der Waals surface area contributed by atoms with Gasteiger partial charge in [-0.3, -0.25) is 9.69 Å². The fourth-order valence-corrected chi connectivity index (χ4v) is 1.80. The van der Waals surface area contributed by atoms with Gasteiger partial charge in [0, 0.05) is 6.54 Å². The minimum absolute atomic E-state index is 0.0116. The maximum atomic E-state index is 11.7. The van der Waals surface area contributed by atoms with Crippen molar-refractivity contribution in [3.05, 3.63) is 0 Å². The highest BCUT2D eigenvalue weighted by molar-refractivity contribution is 7.80. The molecule has 0 radical (unpaired) electrons. The predicted octanol–water partition coefficient (Wildman–Crippen LogP) is 1.15. The lowest BCUT2D eigenvalue weighted by Crippen LogP contribution is -2.47. The first-order valence-electron chi connectivity index (χ1n) is 5.33. The van der Waals surface area contributed by atoms with Gasteiger partial charge in [0.1, 0.15) is 0 Å². The molecule has 0 bridgehead atoms. The van der Waals surface area contributed by atoms with Crippen molar-refractivity contribution in [3.8, 4) is 0 Å². The van der Waals surface area contributed by atoms with Crippen molar-refractivity contribution in [2.45, 2.75) is 33.2 Å². The minimum atomic E-state index is -0.0116. The van der Waals surface area contributed by atoms with E-state index < -0.39 is 0 Å². The Labute approximate surface area is 92.7 Å². The van der Waals surface area contributed by atoms with Gasteiger partial charge in [0.15, 0.2) is 0 Å². The number of likely N-dealkylation sites (N-methyl/N-ethyl adjacent to an activating group) is 2. The van der Waals surface area contributed by atoms with Gasteiger partial charge >= 0.3 is 0 Å². The quantitative estimate of drug-likeness (QED) is 0.628. The molecule has 0 spiro atoms. The molecular formula is C10H22N2OS. The first kappa shape index (κ1) is 13.8. The molecule has 1 atom stereocenters. The SMILES string of the molecule is CCNC(=O)C(CCS)N(CC)CC. The van der Waals surface area contributed by atoms with E-state index in [0.717, 1.165) is 25.3 Å². The number of hydrogen-bond acceptors (Lipinski definition) is 3. The third-order valence-electron chi connectivity index (χ3n) is 2.31. The molecule has 1 unspecified atom stereocenters. The van der Waals surface area contributed by atoms with Crippen LogP contribution in [0.4, 0.5) is 0 Å². The van der Waals surface area contributed by atoms with Crippen LogP contribution in [0.3, 0.4) is 0 Å². The molecule has 0 rings (SSSR count). The van der Waals surface area contributed by atoms with Gasteiger partial charge < -0.3 is 5.32 Å². The van der Waals surface area contributed by atoms with E-state index in [4.69, 9.17) is 0 Å². The number of thiol groups is 1. The van der Waals surface area contributed by atoms with Crippen LogP contribution in [0, 0.1) is 0 Å². The first-order chi connectivity index (χ1) is 6.71. The highest BCUT2D eigenvalue weighted by Crippen LogP contribution is 2.05. The van der Waals surface area contributed by atoms with Gasteiger partial charge in [0.05, 0.1) is 6.04 Å². The molecule has 3 nitrogen and oxygen atoms in total. The van der Waals surface area contributed by atoms with E-state index in [0.29, 0.717) is 6.54 Å². The van der Waals surface area contributed by atoms with Crippen molar-refractivity contribution in [1.82, 2.24) is 10.2 Å². The molecule has 4 heteroatoms. The van der Waals surface area contributed by atoms with E-state index in [1.54, 1.807) is 0 Å². The summed E-state index contributed by atoms with van der Waals surface area (Å²) in [5.41, 5.74) is 0. The second kappa shape index (κ2) is 8.12. The molecule has 0 saturated heterocycles. The van der Waals surface area contributed by atoms with Crippen LogP contribution >= 0.6 is 12.6 Å². The van der Waals surface area contributed by atoms with Gasteiger partial charge in [0.25, 0.3) is 0 Å². The fourth-order valence-electron chi connectivity index (χ4n) is 1.56. The Morgan fingerprint density at radius 2 is 1.93 bits per heavy atom. The molecule has 1 N–H and O–H groups in total. The zero-order valence-corrected chi connectivity index (χ0v) is 10.3. The Hall–Kier alpha value is -0.220. The Balaban J connectivity index is 4.31. The number of nitrogens with one attached hydrogen (secondary N) is 1. The molecule has 0 aliphatic heterocycles. The normalized spacial score (nSPS) is 12.9. The third-order valence-corrected chi connectivity index (χ3v) is 2.57. The van der Waals surface area contributed by atoms with Crippen molar-refractivity contribution < 1.29 is 4.79 Å². The summed E-state index contributed by atoms with van der Waals surface area (Å²) in [5.74, 6) is 0.878. The Morgan fingerprint density at radius 3 is 2.29 bits per heavy atom. The zero-order valence-electron chi connectivity index (χ0n) is 9.42. The smallest absolute Gasteiger partial charge is 0.237 e. The molecule has 1 amide bonds. The van der Waals surface area contributed by atoms with Crippen molar-refractivity contribution in [1.29, 1.82) is 0 Å². The summed E-state index contributed by atoms with van der Waals surface area (Å²) >= 11 is 4.19. The van der Waals surface area contributed by atoms with Crippen LogP contribution in [0.2, 0.25) is 0 Å². The minimum Gasteiger partial charge on any atom is -0.355 e. The van der Waals surface area contributed by atoms with E-state index in [-0.39, 0.29) is 11.9 Å². The molecule has 0 aliphatic carbocycles. The van der Waals surface area contributed by atoms with Gasteiger partial charge in [-0.1, -0.05) is 13.8 Å². The number of hydrogen-bond donors (Lipinski definition) is 2. The lowest BCUT2D eigenvalue weighted by molar-refractivity contribution is -0.126. The van der Waals surface area contributed by atoms with Crippen molar-refractivity contribution >= 4 is 18.5 Å². The van der Waals surface area contributed by atoms with Gasteiger partial charge in [0.2, 0.25) is 5.91 Å². The molecule has 0 aromatic rings. The lowest BCUT2D eigenvalue weighted by Gasteiger charge is -2.28. The topological polar surface area (TPSA) is 32.3 Å². The van der Waals surface area contributed by atoms with Crippen LogP contribution in [0.1, 0.15) is 27.2 Å². The molecule has 0 aromatic heterocycles. The summed E-state index contributed by atoms with van der Waals surface area (Å²) in [6.07, 6.45) is 0.816. The predicted molar refractivity (Wildman–Crippen MR) is 63.9 cm³/mol. The third kappa shape index (κ3) is 4.33. The van der Waals surface area contributed by atoms with Gasteiger partial charge in [-0.05, 0) is 32.2 Å². The van der Waals surface area contributed by atoms with Gasteiger partial charge in [-0.2, -0.15) is 12.6 Å². The zero-order chi connectivity index (χ0) is 11.0. The number of nitrogens with zero attached hydrogens (tertiary/aromatic N) is 1. The second-order valence-corrected chi connectivity index (χ2v) is 3.59. The summed E-state index contributed by atoms with van der Waals surface area (Å²) in [4.78, 5) is 13.9. The summed E-state index contributed by atoms with van der Waals surface area (Å²) < 4.78 is 0. The molecule has 0 fully saturated rings. The average molecular weight is 218 g/mol. The van der Waals surface area contributed by atoms with E-state index in [1.165, 1.54) is 0 Å². The van der Waals surface area contributed by atoms with Gasteiger partial charge in [-0.25, -0.2) is 0 Å². The highest BCUT2D eigenvalue weighted by atomic mass is 32.1. The monoisotopic (exact) mass is 218 g/mol. The van der Waals surface area contributed by atoms with Crippen LogP contribution < -0.4 is 5.32 Å². The van der Waals surface area contributed by atoms with E-state index >= 15 is 0 Å². The van der Waals surface area contributed by atoms with E-state index in [9.17, 15) is 4.79 Å². The lowest BCUT2D eigenvalue weighted by atomic mass is 10.1. The Kier molecular flexibility index (Phi) is 7.99. The van der Waals surface area contributed by atoms with Crippen molar-refractivity contribution in [2.75, 3.05) is 25.4 Å². The van der Waals surface area contributed by atoms with Crippen molar-refractivity contribution in [3.63, 3.8) is 0 Å². The van der Waals surface area contributed by atoms with Crippen LogP contribution in [0.25, 0.3) is 0 Å². The largest absolute Gasteiger partial charge is 0.355 e. The second-order valence-electron chi connectivity index (χ2n) is 3.14. The standard InChI is InChI=1S/C10H22N2OS/c1-4-11-10(13)9(7-8-14)12(5-2)6-3/h9,14H,4-8H2,1-3H3,(H,11,13). The fraction of sp³-hybridized carbons (Fsp3) is 0.900. The molecular weight excluding hydrogens is 196 g/mol. The highest BCUT2D eigenvalue weighted by Gasteiger charge is 2.21. The molecule has 0 aromatic carbocycles. The van der Waals surface area contributed by atoms with Crippen LogP contribution in [-0.2, 0) is 4.79 Å². The first-order valence-corrected chi connectivity index (χ1v) is 5.97. The molecule has 0 aliphatic rings. The molecule has 14 heavy (non-hydrogen) atoms. The maximum absolute atomic E-state index is 11.7. The number of amides is 1. The molecule has 0 saturated carbocycles. The number of rotatable bonds is 7. The van der Waals surface area contributed by atoms with E-state index in [2.05, 4.69) is 36.7 Å². The van der Waals surface area contributed by atoms with Crippen molar-refractivity contribution in [2.24, 2.45) is 0 Å². The van der Waals surface area contributed by atoms with Crippen LogP contribution in [0.5, 0.6) is 0 Å². The summed E-state index contributed by atoms with van der Waals surface area (Å²) in [5, 5.41) is 2.86. The average Bonchev–Trinajstić information content (AvgIpc) is 2.18. The molecule has 0 heterocycles. The number of carbonyl (C=O) groups is 1. The Morgan fingerprint density at radius 1 is 1.36 bits per heavy atom. The number of carbonyl (C=O) groups excluding carboxylic acids is 1. The maximum Gasteiger partial charge on any atom is 0.237 e. The Bertz CT molecular complexity index is 160. The molecule has 84 valence electrons. The summed E-state index contributed by atoms with van der Waals surface area (Å²) in [6, 6.07) is -0.0116. The summed E-state index contributed by atoms with van der Waals surface area (Å²) in [6.45, 7) is 8.61. The van der Waals surface area contributed by atoms with Crippen LogP contribution in [0.15, 0.2) is 0 Å². The van der Waals surface area contributed by atoms with E-state index in [1.807, 2.05) is 6.92 Å².